The summed E-state index contributed by atoms with van der Waals surface area (Å²) in [6.07, 6.45) is 5.22. The van der Waals surface area contributed by atoms with E-state index in [2.05, 4.69) is 88.4 Å². The Labute approximate surface area is 217 Å². The Balaban J connectivity index is 1.35. The summed E-state index contributed by atoms with van der Waals surface area (Å²) in [6.45, 7) is 11.3. The number of hydrogen-bond acceptors (Lipinski definition) is 4. The van der Waals surface area contributed by atoms with E-state index in [1.165, 1.54) is 10.4 Å². The molecule has 0 N–H and O–H groups in total. The quantitative estimate of drug-likeness (QED) is 0.368. The van der Waals surface area contributed by atoms with Gasteiger partial charge in [0.2, 0.25) is 0 Å². The highest BCUT2D eigenvalue weighted by Crippen LogP contribution is 2.62. The van der Waals surface area contributed by atoms with E-state index in [4.69, 9.17) is 13.9 Å². The minimum Gasteiger partial charge on any atom is -0.407 e. The van der Waals surface area contributed by atoms with Crippen LogP contribution in [-0.4, -0.2) is 39.7 Å². The third kappa shape index (κ3) is 4.12. The molecule has 2 aromatic rings. The minimum absolute atomic E-state index is 0.0378. The Morgan fingerprint density at radius 3 is 2.08 bits per heavy atom. The molecule has 5 rings (SSSR count). The summed E-state index contributed by atoms with van der Waals surface area (Å²) in [5, 5.41) is 2.57. The number of benzene rings is 2. The summed E-state index contributed by atoms with van der Waals surface area (Å²) in [4.78, 5) is 13.2. The Hall–Kier alpha value is -1.79. The summed E-state index contributed by atoms with van der Waals surface area (Å²) >= 11 is 0. The van der Waals surface area contributed by atoms with Gasteiger partial charge in [-0.05, 0) is 47.0 Å². The molecular formula is C31H42O4Si. The molecule has 194 valence electrons. The molecule has 1 aliphatic heterocycles. The minimum atomic E-state index is -2.55. The zero-order valence-electron chi connectivity index (χ0n) is 22.4. The van der Waals surface area contributed by atoms with Gasteiger partial charge < -0.3 is 13.9 Å². The monoisotopic (exact) mass is 506 g/mol. The van der Waals surface area contributed by atoms with Crippen molar-refractivity contribution in [1.82, 2.24) is 0 Å². The van der Waals surface area contributed by atoms with Crippen LogP contribution in [0.4, 0.5) is 0 Å². The van der Waals surface area contributed by atoms with E-state index in [0.29, 0.717) is 37.9 Å². The number of ketones is 1. The molecule has 2 unspecified atom stereocenters. The molecule has 2 aromatic carbocycles. The van der Waals surface area contributed by atoms with Crippen LogP contribution in [0.15, 0.2) is 60.7 Å². The second kappa shape index (κ2) is 9.83. The van der Waals surface area contributed by atoms with Gasteiger partial charge in [0.15, 0.2) is 5.79 Å². The molecule has 1 spiro atoms. The molecule has 1 heterocycles. The topological polar surface area (TPSA) is 44.8 Å². The molecule has 0 radical (unpaired) electrons. The van der Waals surface area contributed by atoms with Crippen LogP contribution in [0.2, 0.25) is 5.04 Å². The van der Waals surface area contributed by atoms with Crippen LogP contribution >= 0.6 is 0 Å². The number of hydrogen-bond donors (Lipinski definition) is 0. The Morgan fingerprint density at radius 2 is 1.53 bits per heavy atom. The molecule has 1 saturated heterocycles. The van der Waals surface area contributed by atoms with E-state index in [1.54, 1.807) is 0 Å². The highest BCUT2D eigenvalue weighted by atomic mass is 28.4. The fraction of sp³-hybridized carbons (Fsp3) is 0.581. The molecular weight excluding hydrogens is 464 g/mol. The average Bonchev–Trinajstić information content (AvgIpc) is 3.47. The van der Waals surface area contributed by atoms with E-state index >= 15 is 0 Å². The highest BCUT2D eigenvalue weighted by molar-refractivity contribution is 6.99. The van der Waals surface area contributed by atoms with Crippen LogP contribution in [0.5, 0.6) is 0 Å². The van der Waals surface area contributed by atoms with Gasteiger partial charge in [0.1, 0.15) is 5.78 Å². The van der Waals surface area contributed by atoms with Crippen LogP contribution in [0.3, 0.4) is 0 Å². The Bertz CT molecular complexity index is 1000. The summed E-state index contributed by atoms with van der Waals surface area (Å²) in [5.41, 5.74) is -0.0685. The predicted molar refractivity (Wildman–Crippen MR) is 146 cm³/mol. The smallest absolute Gasteiger partial charge is 0.261 e. The number of carbonyl (C=O) groups excluding carboxylic acids is 1. The van der Waals surface area contributed by atoms with E-state index in [9.17, 15) is 4.79 Å². The fourth-order valence-corrected chi connectivity index (χ4v) is 12.2. The molecule has 0 amide bonds. The van der Waals surface area contributed by atoms with Crippen molar-refractivity contribution in [1.29, 1.82) is 0 Å². The van der Waals surface area contributed by atoms with Gasteiger partial charge in [-0.2, -0.15) is 0 Å². The van der Waals surface area contributed by atoms with Gasteiger partial charge in [-0.1, -0.05) is 88.4 Å². The molecule has 3 aliphatic rings. The van der Waals surface area contributed by atoms with Crippen molar-refractivity contribution < 1.29 is 18.7 Å². The molecule has 5 heteroatoms. The molecule has 0 aromatic heterocycles. The number of fused-ring (bicyclic) bond motifs is 2. The van der Waals surface area contributed by atoms with E-state index in [-0.39, 0.29) is 16.4 Å². The first-order valence-corrected chi connectivity index (χ1v) is 15.7. The number of Topliss-reactive ketones (excluding diaryl/α,β-unsaturated/α-hetero) is 1. The predicted octanol–water partition coefficient (Wildman–Crippen LogP) is 5.48. The van der Waals surface area contributed by atoms with Gasteiger partial charge in [-0.15, -0.1) is 0 Å². The van der Waals surface area contributed by atoms with Gasteiger partial charge in [-0.3, -0.25) is 4.79 Å². The van der Waals surface area contributed by atoms with E-state index in [1.807, 2.05) is 0 Å². The van der Waals surface area contributed by atoms with Crippen LogP contribution in [-0.2, 0) is 18.7 Å². The Kier molecular flexibility index (Phi) is 7.05. The first-order chi connectivity index (χ1) is 17.2. The lowest BCUT2D eigenvalue weighted by molar-refractivity contribution is -0.233. The van der Waals surface area contributed by atoms with Crippen molar-refractivity contribution in [3.8, 4) is 0 Å². The maximum absolute atomic E-state index is 13.2. The summed E-state index contributed by atoms with van der Waals surface area (Å²) in [5.74, 6) is 0.378. The van der Waals surface area contributed by atoms with Crippen molar-refractivity contribution in [3.05, 3.63) is 60.7 Å². The molecule has 4 nitrogen and oxygen atoms in total. The van der Waals surface area contributed by atoms with Crippen LogP contribution < -0.4 is 10.4 Å². The van der Waals surface area contributed by atoms with Gasteiger partial charge in [0, 0.05) is 30.8 Å². The van der Waals surface area contributed by atoms with Crippen LogP contribution in [0.1, 0.15) is 66.2 Å². The number of ether oxygens (including phenoxy) is 2. The second-order valence-corrected chi connectivity index (χ2v) is 16.5. The third-order valence-electron chi connectivity index (χ3n) is 9.41. The molecule has 3 fully saturated rings. The van der Waals surface area contributed by atoms with E-state index < -0.39 is 14.1 Å². The van der Waals surface area contributed by atoms with Gasteiger partial charge in [0.25, 0.3) is 8.32 Å². The van der Waals surface area contributed by atoms with Crippen molar-refractivity contribution >= 4 is 24.5 Å². The van der Waals surface area contributed by atoms with Crippen molar-refractivity contribution in [2.24, 2.45) is 17.3 Å². The van der Waals surface area contributed by atoms with Crippen molar-refractivity contribution in [3.63, 3.8) is 0 Å². The maximum Gasteiger partial charge on any atom is 0.261 e. The third-order valence-corrected chi connectivity index (χ3v) is 14.5. The summed E-state index contributed by atoms with van der Waals surface area (Å²) in [6, 6.07) is 21.6. The standard InChI is InChI=1S/C31H42O4Si/c1-29(2,3)36(24-12-7-5-8-13-24,25-14-9-6-10-15-25)35-21-11-16-26-27-17-20-31(33-22-23-34-31)30(27,4)19-18-28(26)32/h5-10,12-15,26-27H,11,16-23H2,1-4H3/t26?,27?,30-/m0/s1. The SMILES string of the molecule is CC(C)(C)[Si](OCCCC1C(=O)CC[C@@]2(C)C1CCC21OCCO1)(c1ccccc1)c1ccccc1. The second-order valence-electron chi connectivity index (χ2n) is 12.2. The zero-order chi connectivity index (χ0) is 25.4. The summed E-state index contributed by atoms with van der Waals surface area (Å²) < 4.78 is 19.5. The van der Waals surface area contributed by atoms with Crippen molar-refractivity contribution in [2.75, 3.05) is 19.8 Å². The van der Waals surface area contributed by atoms with Crippen LogP contribution in [0, 0.1) is 17.3 Å². The molecule has 36 heavy (non-hydrogen) atoms. The Morgan fingerprint density at radius 1 is 0.944 bits per heavy atom. The van der Waals surface area contributed by atoms with E-state index in [0.717, 1.165) is 32.1 Å². The largest absolute Gasteiger partial charge is 0.407 e. The highest BCUT2D eigenvalue weighted by Gasteiger charge is 2.64. The lowest BCUT2D eigenvalue weighted by Crippen LogP contribution is -2.66. The van der Waals surface area contributed by atoms with Gasteiger partial charge >= 0.3 is 0 Å². The molecule has 2 aliphatic carbocycles. The lowest BCUT2D eigenvalue weighted by atomic mass is 9.61. The molecule has 2 saturated carbocycles. The van der Waals surface area contributed by atoms with Crippen LogP contribution in [0.25, 0.3) is 0 Å². The van der Waals surface area contributed by atoms with Gasteiger partial charge in [-0.25, -0.2) is 0 Å². The maximum atomic E-state index is 13.2. The fourth-order valence-electron chi connectivity index (χ4n) is 7.63. The molecule has 3 atom stereocenters. The van der Waals surface area contributed by atoms with Crippen molar-refractivity contribution in [2.45, 2.75) is 77.0 Å². The van der Waals surface area contributed by atoms with Gasteiger partial charge in [0.05, 0.1) is 13.2 Å². The first kappa shape index (κ1) is 25.8. The number of carbonyl (C=O) groups is 1. The molecule has 0 bridgehead atoms. The normalized spacial score (nSPS) is 27.9. The first-order valence-electron chi connectivity index (χ1n) is 13.8. The lowest BCUT2D eigenvalue weighted by Gasteiger charge is -2.47. The summed E-state index contributed by atoms with van der Waals surface area (Å²) in [7, 11) is -2.55. The zero-order valence-corrected chi connectivity index (χ0v) is 23.4. The number of rotatable bonds is 7. The average molecular weight is 507 g/mol.